The Kier molecular flexibility index (Phi) is 2.92. The molecule has 0 amide bonds. The predicted octanol–water partition coefficient (Wildman–Crippen LogP) is 2.49. The molecule has 3 aromatic rings. The summed E-state index contributed by atoms with van der Waals surface area (Å²) in [7, 11) is -3.60. The number of hydrogen-bond donors (Lipinski definition) is 1. The largest absolute Gasteiger partial charge is 0.264 e. The standard InChI is InChI=1S/C12H9N3O2S2/c16-19(17,15-12-14-5-6-18-12)11-2-1-10-8-13-4-3-9(10)7-11/h1-8H,(H,14,15). The highest BCUT2D eigenvalue weighted by Gasteiger charge is 2.15. The number of anilines is 1. The van der Waals surface area contributed by atoms with Crippen molar-refractivity contribution in [3.8, 4) is 0 Å². The van der Waals surface area contributed by atoms with Gasteiger partial charge in [0.2, 0.25) is 0 Å². The molecule has 96 valence electrons. The van der Waals surface area contributed by atoms with Crippen molar-refractivity contribution in [2.45, 2.75) is 4.90 Å². The Balaban J connectivity index is 2.03. The van der Waals surface area contributed by atoms with Gasteiger partial charge in [0.05, 0.1) is 4.90 Å². The van der Waals surface area contributed by atoms with E-state index in [4.69, 9.17) is 0 Å². The number of nitrogens with zero attached hydrogens (tertiary/aromatic N) is 2. The SMILES string of the molecule is O=S(=O)(Nc1nccs1)c1ccc2cnccc2c1. The lowest BCUT2D eigenvalue weighted by Gasteiger charge is -2.06. The number of benzene rings is 1. The first kappa shape index (κ1) is 12.1. The van der Waals surface area contributed by atoms with Crippen molar-refractivity contribution >= 4 is 37.3 Å². The average Bonchev–Trinajstić information content (AvgIpc) is 2.90. The first-order chi connectivity index (χ1) is 9.15. The summed E-state index contributed by atoms with van der Waals surface area (Å²) in [6.07, 6.45) is 4.88. The fraction of sp³-hybridized carbons (Fsp3) is 0. The Labute approximate surface area is 114 Å². The summed E-state index contributed by atoms with van der Waals surface area (Å²) in [5.74, 6) is 0. The molecule has 1 N–H and O–H groups in total. The lowest BCUT2D eigenvalue weighted by atomic mass is 10.2. The molecular formula is C12H9N3O2S2. The zero-order valence-electron chi connectivity index (χ0n) is 9.65. The van der Waals surface area contributed by atoms with Crippen LogP contribution in [-0.2, 0) is 10.0 Å². The van der Waals surface area contributed by atoms with Crippen LogP contribution in [0.2, 0.25) is 0 Å². The third kappa shape index (κ3) is 2.42. The molecule has 19 heavy (non-hydrogen) atoms. The van der Waals surface area contributed by atoms with Gasteiger partial charge in [0.1, 0.15) is 0 Å². The van der Waals surface area contributed by atoms with Crippen LogP contribution >= 0.6 is 11.3 Å². The van der Waals surface area contributed by atoms with E-state index in [0.717, 1.165) is 10.8 Å². The maximum absolute atomic E-state index is 12.2. The van der Waals surface area contributed by atoms with Crippen LogP contribution < -0.4 is 4.72 Å². The minimum absolute atomic E-state index is 0.210. The van der Waals surface area contributed by atoms with Gasteiger partial charge in [0.15, 0.2) is 5.13 Å². The van der Waals surface area contributed by atoms with Crippen LogP contribution in [0.4, 0.5) is 5.13 Å². The first-order valence-corrected chi connectivity index (χ1v) is 7.77. The molecule has 1 aromatic carbocycles. The molecule has 0 aliphatic rings. The van der Waals surface area contributed by atoms with Gasteiger partial charge in [-0.3, -0.25) is 9.71 Å². The van der Waals surface area contributed by atoms with E-state index in [9.17, 15) is 8.42 Å². The molecule has 0 aliphatic heterocycles. The number of nitrogens with one attached hydrogen (secondary N) is 1. The van der Waals surface area contributed by atoms with Gasteiger partial charge in [0.25, 0.3) is 10.0 Å². The molecule has 0 aliphatic carbocycles. The van der Waals surface area contributed by atoms with E-state index >= 15 is 0 Å². The number of thiazole rings is 1. The molecular weight excluding hydrogens is 282 g/mol. The average molecular weight is 291 g/mol. The summed E-state index contributed by atoms with van der Waals surface area (Å²) in [4.78, 5) is 8.11. The van der Waals surface area contributed by atoms with Crippen LogP contribution in [0.3, 0.4) is 0 Å². The fourth-order valence-corrected chi connectivity index (χ4v) is 3.50. The monoisotopic (exact) mass is 291 g/mol. The lowest BCUT2D eigenvalue weighted by molar-refractivity contribution is 0.601. The van der Waals surface area contributed by atoms with Gasteiger partial charge >= 0.3 is 0 Å². The molecule has 5 nitrogen and oxygen atoms in total. The van der Waals surface area contributed by atoms with E-state index < -0.39 is 10.0 Å². The molecule has 7 heteroatoms. The zero-order valence-corrected chi connectivity index (χ0v) is 11.3. The van der Waals surface area contributed by atoms with Crippen LogP contribution in [0.5, 0.6) is 0 Å². The van der Waals surface area contributed by atoms with E-state index in [-0.39, 0.29) is 4.90 Å². The molecule has 0 fully saturated rings. The molecule has 0 spiro atoms. The molecule has 0 saturated heterocycles. The number of rotatable bonds is 3. The minimum Gasteiger partial charge on any atom is -0.264 e. The smallest absolute Gasteiger partial charge is 0.263 e. The Morgan fingerprint density at radius 1 is 1.11 bits per heavy atom. The third-order valence-corrected chi connectivity index (χ3v) is 4.73. The number of sulfonamides is 1. The Morgan fingerprint density at radius 3 is 2.79 bits per heavy atom. The summed E-state index contributed by atoms with van der Waals surface area (Å²) >= 11 is 1.24. The van der Waals surface area contributed by atoms with Crippen molar-refractivity contribution in [3.05, 3.63) is 48.2 Å². The number of fused-ring (bicyclic) bond motifs is 1. The molecule has 3 rings (SSSR count). The van der Waals surface area contributed by atoms with Gasteiger partial charge in [-0.2, -0.15) is 0 Å². The maximum atomic E-state index is 12.2. The number of pyridine rings is 1. The van der Waals surface area contributed by atoms with Crippen LogP contribution in [-0.4, -0.2) is 18.4 Å². The molecule has 2 heterocycles. The molecule has 0 radical (unpaired) electrons. The van der Waals surface area contributed by atoms with E-state index in [1.165, 1.54) is 11.3 Å². The van der Waals surface area contributed by atoms with E-state index in [2.05, 4.69) is 14.7 Å². The van der Waals surface area contributed by atoms with Gasteiger partial charge in [-0.05, 0) is 23.6 Å². The predicted molar refractivity (Wildman–Crippen MR) is 74.7 cm³/mol. The molecule has 0 saturated carbocycles. The van der Waals surface area contributed by atoms with Crippen LogP contribution in [0, 0.1) is 0 Å². The highest BCUT2D eigenvalue weighted by molar-refractivity contribution is 7.93. The molecule has 2 aromatic heterocycles. The number of hydrogen-bond acceptors (Lipinski definition) is 5. The number of aromatic nitrogens is 2. The van der Waals surface area contributed by atoms with Gasteiger partial charge in [-0.15, -0.1) is 11.3 Å². The van der Waals surface area contributed by atoms with Gasteiger partial charge < -0.3 is 0 Å². The van der Waals surface area contributed by atoms with Gasteiger partial charge in [-0.25, -0.2) is 13.4 Å². The van der Waals surface area contributed by atoms with Gasteiger partial charge in [-0.1, -0.05) is 6.07 Å². The van der Waals surface area contributed by atoms with Crippen molar-refractivity contribution in [3.63, 3.8) is 0 Å². The summed E-state index contributed by atoms with van der Waals surface area (Å²) < 4.78 is 26.8. The summed E-state index contributed by atoms with van der Waals surface area (Å²) in [5, 5.41) is 3.80. The Hall–Kier alpha value is -1.99. The van der Waals surface area contributed by atoms with E-state index in [1.807, 2.05) is 0 Å². The van der Waals surface area contributed by atoms with Crippen molar-refractivity contribution in [1.29, 1.82) is 0 Å². The quantitative estimate of drug-likeness (QED) is 0.804. The second-order valence-electron chi connectivity index (χ2n) is 3.83. The van der Waals surface area contributed by atoms with Crippen molar-refractivity contribution in [1.82, 2.24) is 9.97 Å². The lowest BCUT2D eigenvalue weighted by Crippen LogP contribution is -2.12. The van der Waals surface area contributed by atoms with Crippen LogP contribution in [0.15, 0.2) is 53.1 Å². The highest BCUT2D eigenvalue weighted by atomic mass is 32.2. The first-order valence-electron chi connectivity index (χ1n) is 5.41. The van der Waals surface area contributed by atoms with Crippen LogP contribution in [0.25, 0.3) is 10.8 Å². The van der Waals surface area contributed by atoms with Gasteiger partial charge in [0, 0.05) is 29.4 Å². The summed E-state index contributed by atoms with van der Waals surface area (Å²) in [6.45, 7) is 0. The topological polar surface area (TPSA) is 72.0 Å². The van der Waals surface area contributed by atoms with E-state index in [1.54, 1.807) is 48.2 Å². The third-order valence-electron chi connectivity index (χ3n) is 2.58. The maximum Gasteiger partial charge on any atom is 0.263 e. The van der Waals surface area contributed by atoms with Crippen molar-refractivity contribution < 1.29 is 8.42 Å². The molecule has 0 bridgehead atoms. The fourth-order valence-electron chi connectivity index (χ4n) is 1.68. The van der Waals surface area contributed by atoms with Crippen LogP contribution in [0.1, 0.15) is 0 Å². The Bertz CT molecular complexity index is 814. The second kappa shape index (κ2) is 4.60. The normalized spacial score (nSPS) is 11.6. The Morgan fingerprint density at radius 2 is 2.00 bits per heavy atom. The summed E-state index contributed by atoms with van der Waals surface area (Å²) in [6, 6.07) is 6.68. The van der Waals surface area contributed by atoms with Crippen molar-refractivity contribution in [2.24, 2.45) is 0 Å². The minimum atomic E-state index is -3.60. The van der Waals surface area contributed by atoms with Crippen molar-refractivity contribution in [2.75, 3.05) is 4.72 Å². The van der Waals surface area contributed by atoms with E-state index in [0.29, 0.717) is 5.13 Å². The summed E-state index contributed by atoms with van der Waals surface area (Å²) in [5.41, 5.74) is 0. The zero-order chi connectivity index (χ0) is 13.3. The molecule has 0 unspecified atom stereocenters. The highest BCUT2D eigenvalue weighted by Crippen LogP contribution is 2.21. The molecule has 0 atom stereocenters. The second-order valence-corrected chi connectivity index (χ2v) is 6.40.